The van der Waals surface area contributed by atoms with Crippen LogP contribution in [0.25, 0.3) is 5.57 Å². The van der Waals surface area contributed by atoms with E-state index in [0.717, 1.165) is 41.7 Å². The number of methoxy groups -OCH3 is 2. The maximum absolute atomic E-state index is 15.5. The molecule has 1 aromatic carbocycles. The van der Waals surface area contributed by atoms with Crippen molar-refractivity contribution in [3.8, 4) is 0 Å². The molecule has 0 aromatic heterocycles. The second kappa shape index (κ2) is 29.2. The maximum atomic E-state index is 15.5. The Morgan fingerprint density at radius 3 is 1.75 bits per heavy atom. The van der Waals surface area contributed by atoms with Gasteiger partial charge in [-0.15, -0.1) is 0 Å². The van der Waals surface area contributed by atoms with Crippen LogP contribution in [0.5, 0.6) is 0 Å². The van der Waals surface area contributed by atoms with Gasteiger partial charge in [0.2, 0.25) is 0 Å². The van der Waals surface area contributed by atoms with Crippen LogP contribution in [0.1, 0.15) is 101 Å². The van der Waals surface area contributed by atoms with Gasteiger partial charge in [-0.1, -0.05) is 121 Å². The fourth-order valence-electron chi connectivity index (χ4n) is 7.62. The van der Waals surface area contributed by atoms with E-state index in [0.29, 0.717) is 31.4 Å². The lowest BCUT2D eigenvalue weighted by molar-refractivity contribution is -0.106. The Morgan fingerprint density at radius 2 is 1.34 bits per heavy atom. The number of aliphatic hydroxyl groups is 2. The number of nitrogens with one attached hydrogen (secondary N) is 1. The van der Waals surface area contributed by atoms with Gasteiger partial charge in [-0.25, -0.2) is 12.9 Å². The van der Waals surface area contributed by atoms with E-state index in [4.69, 9.17) is 19.7 Å². The van der Waals surface area contributed by atoms with Crippen molar-refractivity contribution in [1.29, 1.82) is 0 Å². The molecule has 3 aliphatic rings. The smallest absolute Gasteiger partial charge is 0.158 e. The zero-order chi connectivity index (χ0) is 39.6. The number of aldehydes is 2. The Morgan fingerprint density at radius 1 is 0.868 bits per heavy atom. The number of benzene rings is 1. The Balaban J connectivity index is 0.000000791. The van der Waals surface area contributed by atoms with E-state index in [2.05, 4.69) is 49.8 Å². The fraction of sp³-hybridized carbons (Fsp3) is 0.619. The first-order valence-corrected chi connectivity index (χ1v) is 19.8. The SMILES string of the molecule is C=C(C=O)CO.C=C(C=O)CO.CCCCCC1CCC(C2CCC(C3C=CC(c4ccc(C(COC)COC)cc4)=C(F)C3F)CC2)CC1.SNS. The summed E-state index contributed by atoms with van der Waals surface area (Å²) >= 11 is 6.81. The van der Waals surface area contributed by atoms with Crippen LogP contribution in [0.4, 0.5) is 8.78 Å². The van der Waals surface area contributed by atoms with Gasteiger partial charge in [0.25, 0.3) is 0 Å². The van der Waals surface area contributed by atoms with Crippen molar-refractivity contribution in [2.45, 2.75) is 96.1 Å². The fourth-order valence-corrected chi connectivity index (χ4v) is 7.62. The molecule has 0 aliphatic heterocycles. The number of ether oxygens (including phenoxy) is 2. The topological polar surface area (TPSA) is 105 Å². The summed E-state index contributed by atoms with van der Waals surface area (Å²) in [4.78, 5) is 19.0. The molecule has 1 aromatic rings. The number of carbonyl (C=O) groups is 2. The standard InChI is InChI=1S/C34H50F2O2.2C4H6O2.H3NS2/c1-4-5-6-7-24-8-10-25(11-9-24)26-12-16-28(17-13-26)31-20-21-32(34(36)33(31)35)29-18-14-27(15-19-29)30(22-37-2)23-38-3;2*1-4(2-5)3-6;2-1-3/h14-15,18-21,24-26,28,30-31,33H,4-13,16-17,22-23H2,1-3H3;2*2,6H,1,3H2;1-3H. The molecular weight excluding hydrogens is 717 g/mol. The molecule has 0 saturated heterocycles. The summed E-state index contributed by atoms with van der Waals surface area (Å²) in [5.74, 6) is 2.05. The maximum Gasteiger partial charge on any atom is 0.158 e. The molecule has 3 N–H and O–H groups in total. The highest BCUT2D eigenvalue weighted by Crippen LogP contribution is 2.46. The molecule has 2 atom stereocenters. The monoisotopic (exact) mass is 781 g/mol. The zero-order valence-corrected chi connectivity index (χ0v) is 33.9. The third-order valence-corrected chi connectivity index (χ3v) is 10.6. The third-order valence-electron chi connectivity index (χ3n) is 10.6. The predicted molar refractivity (Wildman–Crippen MR) is 219 cm³/mol. The third kappa shape index (κ3) is 17.9. The Kier molecular flexibility index (Phi) is 26.9. The average molecular weight is 782 g/mol. The zero-order valence-electron chi connectivity index (χ0n) is 32.1. The Hall–Kier alpha value is -2.12. The van der Waals surface area contributed by atoms with Gasteiger partial charge < -0.3 is 19.7 Å². The van der Waals surface area contributed by atoms with Crippen molar-refractivity contribution >= 4 is 43.8 Å². The van der Waals surface area contributed by atoms with Crippen LogP contribution in [0.2, 0.25) is 0 Å². The average Bonchev–Trinajstić information content (AvgIpc) is 3.19. The summed E-state index contributed by atoms with van der Waals surface area (Å²) in [7, 11) is 3.35. The van der Waals surface area contributed by atoms with Gasteiger partial charge in [-0.2, -0.15) is 0 Å². The number of carbonyl (C=O) groups excluding carboxylic acids is 2. The normalized spacial score (nSPS) is 23.7. The van der Waals surface area contributed by atoms with Crippen LogP contribution >= 0.6 is 25.6 Å². The molecule has 53 heavy (non-hydrogen) atoms. The van der Waals surface area contributed by atoms with Crippen LogP contribution in [-0.4, -0.2) is 69.6 Å². The van der Waals surface area contributed by atoms with Gasteiger partial charge in [0.1, 0.15) is 18.4 Å². The molecule has 0 amide bonds. The van der Waals surface area contributed by atoms with E-state index in [1.165, 1.54) is 64.2 Å². The van der Waals surface area contributed by atoms with Crippen molar-refractivity contribution in [3.63, 3.8) is 0 Å². The van der Waals surface area contributed by atoms with Crippen LogP contribution in [-0.2, 0) is 19.1 Å². The summed E-state index contributed by atoms with van der Waals surface area (Å²) in [5, 5.41) is 16.0. The molecule has 4 rings (SSSR count). The highest BCUT2D eigenvalue weighted by Gasteiger charge is 2.38. The number of hydrogen-bond donors (Lipinski definition) is 5. The first kappa shape index (κ1) is 48.9. The highest BCUT2D eigenvalue weighted by molar-refractivity contribution is 7.94. The Labute approximate surface area is 328 Å². The highest BCUT2D eigenvalue weighted by atomic mass is 32.2. The van der Waals surface area contributed by atoms with Crippen LogP contribution in [0.15, 0.2) is 66.5 Å². The minimum atomic E-state index is -1.54. The van der Waals surface area contributed by atoms with Crippen molar-refractivity contribution in [2.24, 2.45) is 29.6 Å². The first-order valence-electron chi connectivity index (χ1n) is 18.9. The van der Waals surface area contributed by atoms with Gasteiger partial charge in [0.05, 0.1) is 26.4 Å². The minimum absolute atomic E-state index is 0.119. The summed E-state index contributed by atoms with van der Waals surface area (Å²) < 4.78 is 43.6. The molecule has 0 spiro atoms. The lowest BCUT2D eigenvalue weighted by Gasteiger charge is -2.40. The van der Waals surface area contributed by atoms with Gasteiger partial charge in [0, 0.05) is 42.8 Å². The van der Waals surface area contributed by atoms with Gasteiger partial charge in [0.15, 0.2) is 6.17 Å². The van der Waals surface area contributed by atoms with E-state index >= 15 is 8.78 Å². The van der Waals surface area contributed by atoms with Crippen LogP contribution in [0.3, 0.4) is 0 Å². The second-order valence-electron chi connectivity index (χ2n) is 14.2. The molecule has 0 bridgehead atoms. The van der Waals surface area contributed by atoms with E-state index in [-0.39, 0.29) is 42.1 Å². The predicted octanol–water partition coefficient (Wildman–Crippen LogP) is 9.19. The lowest BCUT2D eigenvalue weighted by atomic mass is 9.66. The number of alkyl halides is 1. The largest absolute Gasteiger partial charge is 0.392 e. The lowest BCUT2D eigenvalue weighted by Crippen LogP contribution is -2.32. The molecule has 3 aliphatic carbocycles. The van der Waals surface area contributed by atoms with Gasteiger partial charge in [-0.3, -0.25) is 9.59 Å². The number of allylic oxidation sites excluding steroid dienone is 4. The van der Waals surface area contributed by atoms with Crippen molar-refractivity contribution in [1.82, 2.24) is 4.13 Å². The molecule has 7 nitrogen and oxygen atoms in total. The molecule has 2 saturated carbocycles. The van der Waals surface area contributed by atoms with Crippen LogP contribution in [0, 0.1) is 29.6 Å². The van der Waals surface area contributed by atoms with Crippen molar-refractivity contribution in [3.05, 3.63) is 77.7 Å². The van der Waals surface area contributed by atoms with Crippen molar-refractivity contribution in [2.75, 3.05) is 40.6 Å². The molecule has 11 heteroatoms. The molecule has 2 unspecified atom stereocenters. The minimum Gasteiger partial charge on any atom is -0.392 e. The summed E-state index contributed by atoms with van der Waals surface area (Å²) in [5.41, 5.74) is 2.63. The first-order chi connectivity index (χ1) is 25.6. The second-order valence-corrected chi connectivity index (χ2v) is 15.0. The number of halogens is 2. The molecule has 300 valence electrons. The van der Waals surface area contributed by atoms with E-state index in [1.54, 1.807) is 14.2 Å². The van der Waals surface area contributed by atoms with Gasteiger partial charge >= 0.3 is 0 Å². The van der Waals surface area contributed by atoms with E-state index < -0.39 is 12.0 Å². The van der Waals surface area contributed by atoms with Gasteiger partial charge in [-0.05, 0) is 73.3 Å². The Bertz CT molecular complexity index is 1220. The molecule has 0 heterocycles. The van der Waals surface area contributed by atoms with Crippen molar-refractivity contribution < 1.29 is 38.1 Å². The number of unbranched alkanes of at least 4 members (excludes halogenated alkanes) is 2. The number of rotatable bonds is 16. The van der Waals surface area contributed by atoms with E-state index in [1.807, 2.05) is 36.4 Å². The number of hydrogen-bond acceptors (Lipinski definition) is 9. The molecule has 2 fully saturated rings. The molecular formula is C42H65F2NO6S2. The summed E-state index contributed by atoms with van der Waals surface area (Å²) in [6.07, 6.45) is 18.9. The number of aliphatic hydroxyl groups excluding tert-OH is 2. The summed E-state index contributed by atoms with van der Waals surface area (Å²) in [6.45, 7) is 9.28. The quantitative estimate of drug-likeness (QED) is 0.0493. The van der Waals surface area contributed by atoms with E-state index in [9.17, 15) is 9.59 Å². The number of thiol groups is 2. The molecule has 0 radical (unpaired) electrons. The van der Waals surface area contributed by atoms with Crippen LogP contribution < -0.4 is 4.13 Å². The summed E-state index contributed by atoms with van der Waals surface area (Å²) in [6, 6.07) is 7.74.